The van der Waals surface area contributed by atoms with Crippen molar-refractivity contribution in [2.75, 3.05) is 13.1 Å². The van der Waals surface area contributed by atoms with E-state index in [2.05, 4.69) is 41.8 Å². The number of carbonyl (C=O) groups is 1. The molecule has 1 amide bonds. The Morgan fingerprint density at radius 2 is 2.21 bits per heavy atom. The second kappa shape index (κ2) is 7.29. The molecule has 0 aromatic heterocycles. The minimum atomic E-state index is 0.160. The van der Waals surface area contributed by atoms with Gasteiger partial charge in [0.1, 0.15) is 0 Å². The Labute approximate surface area is 115 Å². The number of carbonyl (C=O) groups excluding carboxylic acids is 1. The van der Waals surface area contributed by atoms with Gasteiger partial charge in [0.2, 0.25) is 5.91 Å². The van der Waals surface area contributed by atoms with E-state index in [1.165, 1.54) is 5.56 Å². The summed E-state index contributed by atoms with van der Waals surface area (Å²) in [5.74, 6) is 0.376. The fourth-order valence-electron chi connectivity index (χ4n) is 2.54. The predicted molar refractivity (Wildman–Crippen MR) is 78.0 cm³/mol. The van der Waals surface area contributed by atoms with Crippen molar-refractivity contribution in [3.8, 4) is 0 Å². The minimum absolute atomic E-state index is 0.160. The van der Waals surface area contributed by atoms with E-state index in [1.807, 2.05) is 6.07 Å². The number of rotatable bonds is 5. The molecule has 0 spiro atoms. The summed E-state index contributed by atoms with van der Waals surface area (Å²) >= 11 is 0. The Morgan fingerprint density at radius 1 is 1.42 bits per heavy atom. The Hall–Kier alpha value is -1.35. The van der Waals surface area contributed by atoms with E-state index in [-0.39, 0.29) is 17.9 Å². The van der Waals surface area contributed by atoms with Gasteiger partial charge in [-0.2, -0.15) is 0 Å². The normalized spacial score (nSPS) is 20.8. The van der Waals surface area contributed by atoms with Gasteiger partial charge in [0.15, 0.2) is 0 Å². The van der Waals surface area contributed by atoms with Crippen molar-refractivity contribution < 1.29 is 4.79 Å². The summed E-state index contributed by atoms with van der Waals surface area (Å²) in [6.07, 6.45) is 4.14. The first-order valence-corrected chi connectivity index (χ1v) is 7.30. The van der Waals surface area contributed by atoms with Crippen molar-refractivity contribution in [3.05, 3.63) is 35.9 Å². The lowest BCUT2D eigenvalue weighted by atomic mass is 9.98. The summed E-state index contributed by atoms with van der Waals surface area (Å²) in [5, 5.41) is 6.43. The molecule has 3 nitrogen and oxygen atoms in total. The van der Waals surface area contributed by atoms with E-state index in [0.29, 0.717) is 0 Å². The quantitative estimate of drug-likeness (QED) is 0.851. The molecule has 0 bridgehead atoms. The Bertz CT molecular complexity index is 385. The molecule has 1 aliphatic rings. The number of hydrogen-bond donors (Lipinski definition) is 2. The lowest BCUT2D eigenvalue weighted by Crippen LogP contribution is -2.43. The maximum atomic E-state index is 12.1. The maximum absolute atomic E-state index is 12.1. The van der Waals surface area contributed by atoms with Crippen LogP contribution in [-0.2, 0) is 11.2 Å². The van der Waals surface area contributed by atoms with Gasteiger partial charge in [-0.1, -0.05) is 30.3 Å². The van der Waals surface area contributed by atoms with Gasteiger partial charge in [-0.25, -0.2) is 0 Å². The average Bonchev–Trinajstić information content (AvgIpc) is 2.47. The second-order valence-electron chi connectivity index (χ2n) is 5.48. The van der Waals surface area contributed by atoms with E-state index in [9.17, 15) is 4.79 Å². The zero-order valence-corrected chi connectivity index (χ0v) is 11.7. The van der Waals surface area contributed by atoms with Crippen molar-refractivity contribution >= 4 is 5.91 Å². The third-order valence-corrected chi connectivity index (χ3v) is 3.77. The molecule has 19 heavy (non-hydrogen) atoms. The van der Waals surface area contributed by atoms with Crippen LogP contribution in [0.4, 0.5) is 0 Å². The molecule has 104 valence electrons. The average molecular weight is 260 g/mol. The van der Waals surface area contributed by atoms with E-state index < -0.39 is 0 Å². The number of hydrogen-bond acceptors (Lipinski definition) is 2. The van der Waals surface area contributed by atoms with Crippen LogP contribution in [-0.4, -0.2) is 25.0 Å². The van der Waals surface area contributed by atoms with Crippen LogP contribution in [0, 0.1) is 5.92 Å². The van der Waals surface area contributed by atoms with Gasteiger partial charge in [-0.15, -0.1) is 0 Å². The molecule has 1 saturated heterocycles. The Kier molecular flexibility index (Phi) is 5.40. The van der Waals surface area contributed by atoms with E-state index in [4.69, 9.17) is 0 Å². The van der Waals surface area contributed by atoms with Crippen molar-refractivity contribution in [2.24, 2.45) is 5.92 Å². The highest BCUT2D eigenvalue weighted by atomic mass is 16.1. The fourth-order valence-corrected chi connectivity index (χ4v) is 2.54. The lowest BCUT2D eigenvalue weighted by Gasteiger charge is -2.24. The van der Waals surface area contributed by atoms with Crippen LogP contribution in [0.25, 0.3) is 0 Å². The molecule has 2 rings (SSSR count). The fraction of sp³-hybridized carbons (Fsp3) is 0.562. The molecule has 1 heterocycles. The molecule has 0 radical (unpaired) electrons. The minimum Gasteiger partial charge on any atom is -0.353 e. The highest BCUT2D eigenvalue weighted by Gasteiger charge is 2.21. The number of nitrogens with one attached hydrogen (secondary N) is 2. The van der Waals surface area contributed by atoms with Gasteiger partial charge in [-0.3, -0.25) is 4.79 Å². The molecule has 1 aromatic rings. The number of amides is 1. The first-order chi connectivity index (χ1) is 9.25. The van der Waals surface area contributed by atoms with Crippen LogP contribution in [0.15, 0.2) is 30.3 Å². The Balaban J connectivity index is 1.71. The summed E-state index contributed by atoms with van der Waals surface area (Å²) in [7, 11) is 0. The molecule has 1 unspecified atom stereocenters. The van der Waals surface area contributed by atoms with Gasteiger partial charge < -0.3 is 10.6 Å². The highest BCUT2D eigenvalue weighted by Crippen LogP contribution is 2.11. The van der Waals surface area contributed by atoms with Crippen LogP contribution >= 0.6 is 0 Å². The van der Waals surface area contributed by atoms with E-state index in [1.54, 1.807) is 0 Å². The van der Waals surface area contributed by atoms with Gasteiger partial charge in [0.05, 0.1) is 5.92 Å². The van der Waals surface area contributed by atoms with E-state index in [0.717, 1.165) is 38.8 Å². The molecule has 1 aromatic carbocycles. The summed E-state index contributed by atoms with van der Waals surface area (Å²) in [4.78, 5) is 12.1. The highest BCUT2D eigenvalue weighted by molar-refractivity contribution is 5.79. The third-order valence-electron chi connectivity index (χ3n) is 3.77. The molecular formula is C16H24N2O. The summed E-state index contributed by atoms with van der Waals surface area (Å²) in [6.45, 7) is 3.97. The van der Waals surface area contributed by atoms with Crippen LogP contribution in [0.3, 0.4) is 0 Å². The molecule has 1 fully saturated rings. The molecule has 0 aliphatic carbocycles. The topological polar surface area (TPSA) is 41.1 Å². The monoisotopic (exact) mass is 260 g/mol. The van der Waals surface area contributed by atoms with Crippen LogP contribution in [0.2, 0.25) is 0 Å². The van der Waals surface area contributed by atoms with Crippen LogP contribution in [0.5, 0.6) is 0 Å². The smallest absolute Gasteiger partial charge is 0.224 e. The Morgan fingerprint density at radius 3 is 2.89 bits per heavy atom. The summed E-state index contributed by atoms with van der Waals surface area (Å²) in [5.41, 5.74) is 1.34. The summed E-state index contributed by atoms with van der Waals surface area (Å²) < 4.78 is 0. The first-order valence-electron chi connectivity index (χ1n) is 7.30. The van der Waals surface area contributed by atoms with Crippen molar-refractivity contribution in [1.29, 1.82) is 0 Å². The largest absolute Gasteiger partial charge is 0.353 e. The SMILES string of the molecule is CC(CCc1ccccc1)NC(=O)[C@H]1CCCNC1. The molecule has 3 heteroatoms. The van der Waals surface area contributed by atoms with E-state index >= 15 is 0 Å². The third kappa shape index (κ3) is 4.67. The van der Waals surface area contributed by atoms with Gasteiger partial charge in [0, 0.05) is 12.6 Å². The molecule has 2 N–H and O–H groups in total. The van der Waals surface area contributed by atoms with Gasteiger partial charge in [-0.05, 0) is 44.7 Å². The standard InChI is InChI=1S/C16H24N2O/c1-13(9-10-14-6-3-2-4-7-14)18-16(19)15-8-5-11-17-12-15/h2-4,6-7,13,15,17H,5,8-12H2,1H3,(H,18,19)/t13?,15-/m0/s1. The predicted octanol–water partition coefficient (Wildman–Crippen LogP) is 2.12. The lowest BCUT2D eigenvalue weighted by molar-refractivity contribution is -0.126. The maximum Gasteiger partial charge on any atom is 0.224 e. The number of aryl methyl sites for hydroxylation is 1. The van der Waals surface area contributed by atoms with Gasteiger partial charge >= 0.3 is 0 Å². The molecule has 0 saturated carbocycles. The molecular weight excluding hydrogens is 236 g/mol. The van der Waals surface area contributed by atoms with Crippen molar-refractivity contribution in [2.45, 2.75) is 38.6 Å². The first kappa shape index (κ1) is 14.1. The zero-order chi connectivity index (χ0) is 13.5. The van der Waals surface area contributed by atoms with Crippen LogP contribution < -0.4 is 10.6 Å². The van der Waals surface area contributed by atoms with Gasteiger partial charge in [0.25, 0.3) is 0 Å². The molecule has 1 aliphatic heterocycles. The summed E-state index contributed by atoms with van der Waals surface area (Å²) in [6, 6.07) is 10.7. The van der Waals surface area contributed by atoms with Crippen molar-refractivity contribution in [1.82, 2.24) is 10.6 Å². The zero-order valence-electron chi connectivity index (χ0n) is 11.7. The number of piperidine rings is 1. The van der Waals surface area contributed by atoms with Crippen LogP contribution in [0.1, 0.15) is 31.7 Å². The number of benzene rings is 1. The molecule has 2 atom stereocenters. The second-order valence-corrected chi connectivity index (χ2v) is 5.48. The van der Waals surface area contributed by atoms with Crippen molar-refractivity contribution in [3.63, 3.8) is 0 Å².